The summed E-state index contributed by atoms with van der Waals surface area (Å²) in [6.07, 6.45) is 3.95. The molecule has 1 aliphatic rings. The molecule has 0 aromatic heterocycles. The van der Waals surface area contributed by atoms with E-state index >= 15 is 0 Å². The molecule has 4 nitrogen and oxygen atoms in total. The Balaban J connectivity index is 2.54. The summed E-state index contributed by atoms with van der Waals surface area (Å²) < 4.78 is 18.8. The zero-order valence-corrected chi connectivity index (χ0v) is 16.1. The Kier molecular flexibility index (Phi) is 6.37. The molecule has 0 fully saturated rings. The summed E-state index contributed by atoms with van der Waals surface area (Å²) in [5, 5.41) is 10.6. The number of benzene rings is 1. The third-order valence-corrected chi connectivity index (χ3v) is 5.18. The summed E-state index contributed by atoms with van der Waals surface area (Å²) in [5.41, 5.74) is -0.232. The van der Waals surface area contributed by atoms with E-state index in [0.29, 0.717) is 36.2 Å². The fourth-order valence-electron chi connectivity index (χ4n) is 3.63. The number of methoxy groups -OCH3 is 1. The van der Waals surface area contributed by atoms with Gasteiger partial charge >= 0.3 is 0 Å². The minimum Gasteiger partial charge on any atom is -0.507 e. The summed E-state index contributed by atoms with van der Waals surface area (Å²) in [7, 11) is 1.47. The summed E-state index contributed by atoms with van der Waals surface area (Å²) in [4.78, 5) is 26.0. The number of aliphatic hydroxyl groups excluding tert-OH is 1. The lowest BCUT2D eigenvalue weighted by atomic mass is 9.68. The molecule has 2 rings (SSSR count). The van der Waals surface area contributed by atoms with Gasteiger partial charge in [-0.05, 0) is 43.0 Å². The van der Waals surface area contributed by atoms with Crippen LogP contribution in [-0.4, -0.2) is 23.8 Å². The van der Waals surface area contributed by atoms with E-state index < -0.39 is 22.8 Å². The van der Waals surface area contributed by atoms with Crippen molar-refractivity contribution in [3.63, 3.8) is 0 Å². The molecule has 1 aliphatic carbocycles. The Morgan fingerprint density at radius 1 is 1.26 bits per heavy atom. The number of hydrogen-bond acceptors (Lipinski definition) is 4. The van der Waals surface area contributed by atoms with Crippen LogP contribution in [0, 0.1) is 11.2 Å². The van der Waals surface area contributed by atoms with Crippen LogP contribution in [0.1, 0.15) is 45.6 Å². The first-order chi connectivity index (χ1) is 12.9. The van der Waals surface area contributed by atoms with Crippen molar-refractivity contribution in [2.75, 3.05) is 7.11 Å². The van der Waals surface area contributed by atoms with E-state index in [1.54, 1.807) is 6.07 Å². The average molecular weight is 372 g/mol. The molecule has 1 aromatic rings. The predicted octanol–water partition coefficient (Wildman–Crippen LogP) is 4.92. The van der Waals surface area contributed by atoms with Gasteiger partial charge in [0.25, 0.3) is 0 Å². The normalized spacial score (nSPS) is 17.0. The van der Waals surface area contributed by atoms with E-state index in [9.17, 15) is 19.1 Å². The fraction of sp³-hybridized carbons (Fsp3) is 0.364. The van der Waals surface area contributed by atoms with Gasteiger partial charge in [-0.25, -0.2) is 4.39 Å². The van der Waals surface area contributed by atoms with Crippen molar-refractivity contribution < 1.29 is 23.8 Å². The molecule has 5 heteroatoms. The van der Waals surface area contributed by atoms with E-state index in [-0.39, 0.29) is 11.3 Å². The van der Waals surface area contributed by atoms with Gasteiger partial charge in [0, 0.05) is 5.57 Å². The molecule has 0 aliphatic heterocycles. The number of carbonyl (C=O) groups is 2. The number of halogens is 1. The first kappa shape index (κ1) is 20.6. The Labute approximate surface area is 159 Å². The van der Waals surface area contributed by atoms with Gasteiger partial charge in [-0.15, -0.1) is 0 Å². The average Bonchev–Trinajstić information content (AvgIpc) is 2.66. The molecule has 0 bridgehead atoms. The van der Waals surface area contributed by atoms with Crippen LogP contribution in [0.3, 0.4) is 0 Å². The second-order valence-corrected chi connectivity index (χ2v) is 6.46. The summed E-state index contributed by atoms with van der Waals surface area (Å²) >= 11 is 0. The lowest BCUT2D eigenvalue weighted by molar-refractivity contribution is -0.128. The number of carbonyl (C=O) groups excluding carboxylic acids is 2. The monoisotopic (exact) mass is 372 g/mol. The maximum Gasteiger partial charge on any atom is 0.193 e. The van der Waals surface area contributed by atoms with Crippen LogP contribution in [0.4, 0.5) is 4.39 Å². The van der Waals surface area contributed by atoms with Crippen LogP contribution in [0.2, 0.25) is 0 Å². The topological polar surface area (TPSA) is 63.6 Å². The standard InChI is InChI=1S/C22H25FO4/c1-5-16-19(25)18(20(26)22(6-2,7-3)21(16)27-4)17(24)12-11-14-9-8-10-15(23)13-14/h8-13,25H,5-7H2,1-4H3/b12-11+. The summed E-state index contributed by atoms with van der Waals surface area (Å²) in [6.45, 7) is 5.56. The van der Waals surface area contributed by atoms with Crippen molar-refractivity contribution >= 4 is 17.6 Å². The zero-order chi connectivity index (χ0) is 20.2. The second kappa shape index (κ2) is 8.33. The molecule has 0 unspecified atom stereocenters. The zero-order valence-electron chi connectivity index (χ0n) is 16.1. The van der Waals surface area contributed by atoms with E-state index in [4.69, 9.17) is 4.74 Å². The van der Waals surface area contributed by atoms with Gasteiger partial charge in [0.1, 0.15) is 22.9 Å². The lowest BCUT2D eigenvalue weighted by Gasteiger charge is -2.37. The highest BCUT2D eigenvalue weighted by atomic mass is 19.1. The van der Waals surface area contributed by atoms with Crippen LogP contribution >= 0.6 is 0 Å². The predicted molar refractivity (Wildman–Crippen MR) is 102 cm³/mol. The van der Waals surface area contributed by atoms with E-state index in [0.717, 1.165) is 0 Å². The molecule has 0 heterocycles. The van der Waals surface area contributed by atoms with Crippen molar-refractivity contribution in [3.8, 4) is 0 Å². The minimum atomic E-state index is -0.968. The van der Waals surface area contributed by atoms with E-state index in [1.807, 2.05) is 20.8 Å². The third-order valence-electron chi connectivity index (χ3n) is 5.18. The van der Waals surface area contributed by atoms with Crippen LogP contribution in [0.5, 0.6) is 0 Å². The molecule has 1 aromatic carbocycles. The number of aliphatic hydroxyl groups is 1. The number of ketones is 2. The number of rotatable bonds is 7. The highest BCUT2D eigenvalue weighted by Crippen LogP contribution is 2.46. The largest absolute Gasteiger partial charge is 0.507 e. The van der Waals surface area contributed by atoms with Crippen molar-refractivity contribution in [1.29, 1.82) is 0 Å². The summed E-state index contributed by atoms with van der Waals surface area (Å²) in [5.74, 6) is -1.35. The van der Waals surface area contributed by atoms with Crippen LogP contribution in [-0.2, 0) is 14.3 Å². The lowest BCUT2D eigenvalue weighted by Crippen LogP contribution is -2.40. The molecule has 0 saturated heterocycles. The number of hydrogen-bond donors (Lipinski definition) is 1. The number of Topliss-reactive ketones (excluding diaryl/α,β-unsaturated/α-hetero) is 1. The Bertz CT molecular complexity index is 842. The Hall–Kier alpha value is -2.69. The van der Waals surface area contributed by atoms with Crippen LogP contribution in [0.15, 0.2) is 53.0 Å². The van der Waals surface area contributed by atoms with Gasteiger partial charge in [-0.1, -0.05) is 39.0 Å². The molecule has 0 spiro atoms. The van der Waals surface area contributed by atoms with Gasteiger partial charge in [-0.3, -0.25) is 9.59 Å². The van der Waals surface area contributed by atoms with Gasteiger partial charge in [-0.2, -0.15) is 0 Å². The molecule has 0 atom stereocenters. The Morgan fingerprint density at radius 3 is 2.44 bits per heavy atom. The first-order valence-electron chi connectivity index (χ1n) is 9.10. The van der Waals surface area contributed by atoms with Gasteiger partial charge in [0.05, 0.1) is 12.5 Å². The fourth-order valence-corrected chi connectivity index (χ4v) is 3.63. The van der Waals surface area contributed by atoms with Crippen molar-refractivity contribution in [2.45, 2.75) is 40.0 Å². The van der Waals surface area contributed by atoms with E-state index in [1.165, 1.54) is 37.5 Å². The second-order valence-electron chi connectivity index (χ2n) is 6.46. The maximum absolute atomic E-state index is 13.3. The highest BCUT2D eigenvalue weighted by molar-refractivity contribution is 6.28. The molecular formula is C22H25FO4. The summed E-state index contributed by atoms with van der Waals surface area (Å²) in [6, 6.07) is 5.76. The quantitative estimate of drug-likeness (QED) is 0.545. The molecule has 1 N–H and O–H groups in total. The molecule has 144 valence electrons. The molecule has 0 saturated carbocycles. The van der Waals surface area contributed by atoms with E-state index in [2.05, 4.69) is 0 Å². The van der Waals surface area contributed by atoms with Crippen molar-refractivity contribution in [1.82, 2.24) is 0 Å². The smallest absolute Gasteiger partial charge is 0.193 e. The molecule has 27 heavy (non-hydrogen) atoms. The third kappa shape index (κ3) is 3.59. The highest BCUT2D eigenvalue weighted by Gasteiger charge is 2.49. The number of allylic oxidation sites excluding steroid dienone is 4. The minimum absolute atomic E-state index is 0.232. The van der Waals surface area contributed by atoms with Gasteiger partial charge < -0.3 is 9.84 Å². The van der Waals surface area contributed by atoms with Gasteiger partial charge in [0.2, 0.25) is 0 Å². The Morgan fingerprint density at radius 2 is 1.93 bits per heavy atom. The molecule has 0 radical (unpaired) electrons. The van der Waals surface area contributed by atoms with Crippen LogP contribution < -0.4 is 0 Å². The van der Waals surface area contributed by atoms with Crippen molar-refractivity contribution in [3.05, 3.63) is 64.4 Å². The molecule has 0 amide bonds. The maximum atomic E-state index is 13.3. The molecular weight excluding hydrogens is 347 g/mol. The van der Waals surface area contributed by atoms with Crippen LogP contribution in [0.25, 0.3) is 6.08 Å². The SMILES string of the molecule is CCC1=C(OC)C(CC)(CC)C(=O)C(C(=O)/C=C/c2cccc(F)c2)=C1O. The van der Waals surface area contributed by atoms with Gasteiger partial charge in [0.15, 0.2) is 11.6 Å². The first-order valence-corrected chi connectivity index (χ1v) is 9.10. The number of ether oxygens (including phenoxy) is 1. The van der Waals surface area contributed by atoms with Crippen molar-refractivity contribution in [2.24, 2.45) is 5.41 Å².